The maximum Gasteiger partial charge on any atom is 0.185 e. The predicted octanol–water partition coefficient (Wildman–Crippen LogP) is 3.22. The fourth-order valence-corrected chi connectivity index (χ4v) is 3.25. The highest BCUT2D eigenvalue weighted by molar-refractivity contribution is 5.79. The van der Waals surface area contributed by atoms with Crippen molar-refractivity contribution in [1.82, 2.24) is 15.0 Å². The average Bonchev–Trinajstić information content (AvgIpc) is 2.88. The molecule has 0 bridgehead atoms. The van der Waals surface area contributed by atoms with Crippen LogP contribution in [0.1, 0.15) is 31.9 Å². The molecule has 0 spiro atoms. The third-order valence-electron chi connectivity index (χ3n) is 4.77. The summed E-state index contributed by atoms with van der Waals surface area (Å²) in [6.07, 6.45) is 22.2. The molecule has 2 aliphatic carbocycles. The van der Waals surface area contributed by atoms with E-state index in [0.717, 1.165) is 41.0 Å². The van der Waals surface area contributed by atoms with Gasteiger partial charge in [-0.25, -0.2) is 9.97 Å². The van der Waals surface area contributed by atoms with Crippen molar-refractivity contribution in [2.45, 2.75) is 26.2 Å². The van der Waals surface area contributed by atoms with Gasteiger partial charge in [0.2, 0.25) is 0 Å². The highest BCUT2D eigenvalue weighted by atomic mass is 16.3. The predicted molar refractivity (Wildman–Crippen MR) is 113 cm³/mol. The van der Waals surface area contributed by atoms with E-state index in [-0.39, 0.29) is 5.75 Å². The number of nitrogens with one attached hydrogen (secondary N) is 1. The maximum atomic E-state index is 10.8. The summed E-state index contributed by atoms with van der Waals surface area (Å²) in [6, 6.07) is 1.99. The zero-order valence-corrected chi connectivity index (χ0v) is 15.8. The van der Waals surface area contributed by atoms with Crippen molar-refractivity contribution in [2.24, 2.45) is 0 Å². The Morgan fingerprint density at radius 2 is 1.93 bits per heavy atom. The topological polar surface area (TPSA) is 70.9 Å². The number of aromatic nitrogens is 3. The fraction of sp³-hybridized carbons (Fsp3) is 0.174. The van der Waals surface area contributed by atoms with Crippen LogP contribution in [0.4, 0.5) is 5.82 Å². The van der Waals surface area contributed by atoms with E-state index in [1.165, 1.54) is 11.9 Å². The minimum absolute atomic E-state index is 0.0496. The Labute approximate surface area is 163 Å². The molecule has 0 aliphatic heterocycles. The number of allylic oxidation sites excluding steroid dienone is 8. The molecule has 0 radical (unpaired) electrons. The summed E-state index contributed by atoms with van der Waals surface area (Å²) < 4.78 is 0. The van der Waals surface area contributed by atoms with Gasteiger partial charge in [0.15, 0.2) is 11.6 Å². The lowest BCUT2D eigenvalue weighted by Crippen LogP contribution is -2.24. The van der Waals surface area contributed by atoms with E-state index in [4.69, 9.17) is 0 Å². The minimum Gasteiger partial charge on any atom is -0.503 e. The molecule has 0 atom stereocenters. The third-order valence-corrected chi connectivity index (χ3v) is 4.77. The zero-order chi connectivity index (χ0) is 19.3. The van der Waals surface area contributed by atoms with Gasteiger partial charge in [-0.15, -0.1) is 0 Å². The number of nitrogens with zero attached hydrogens (tertiary/aromatic N) is 3. The second-order valence-electron chi connectivity index (χ2n) is 6.84. The normalized spacial score (nSPS) is 19.8. The molecular formula is C23H22N4O. The second-order valence-corrected chi connectivity index (χ2v) is 6.84. The van der Waals surface area contributed by atoms with Crippen LogP contribution in [-0.2, 0) is 0 Å². The molecule has 28 heavy (non-hydrogen) atoms. The summed E-state index contributed by atoms with van der Waals surface area (Å²) in [6.45, 7) is 2.12. The number of fused-ring (bicyclic) bond motifs is 1. The first kappa shape index (κ1) is 17.9. The van der Waals surface area contributed by atoms with Crippen LogP contribution in [0.5, 0.6) is 5.75 Å². The summed E-state index contributed by atoms with van der Waals surface area (Å²) >= 11 is 0. The molecule has 0 amide bonds. The van der Waals surface area contributed by atoms with Crippen molar-refractivity contribution < 1.29 is 5.11 Å². The number of pyridine rings is 1. The van der Waals surface area contributed by atoms with Gasteiger partial charge in [-0.3, -0.25) is 4.98 Å². The van der Waals surface area contributed by atoms with Gasteiger partial charge in [0, 0.05) is 28.9 Å². The molecule has 0 saturated carbocycles. The number of rotatable bonds is 3. The highest BCUT2D eigenvalue weighted by Gasteiger charge is 2.14. The van der Waals surface area contributed by atoms with E-state index < -0.39 is 0 Å². The van der Waals surface area contributed by atoms with Crippen LogP contribution in [-0.4, -0.2) is 20.1 Å². The van der Waals surface area contributed by atoms with Gasteiger partial charge in [0.25, 0.3) is 0 Å². The number of hydrogen-bond acceptors (Lipinski definition) is 5. The lowest BCUT2D eigenvalue weighted by Gasteiger charge is -2.12. The molecule has 4 rings (SSSR count). The molecule has 0 fully saturated rings. The Morgan fingerprint density at radius 3 is 2.86 bits per heavy atom. The van der Waals surface area contributed by atoms with E-state index in [1.54, 1.807) is 6.20 Å². The Bertz CT molecular complexity index is 1140. The van der Waals surface area contributed by atoms with E-state index in [0.29, 0.717) is 11.5 Å². The van der Waals surface area contributed by atoms with E-state index >= 15 is 0 Å². The average molecular weight is 370 g/mol. The van der Waals surface area contributed by atoms with Gasteiger partial charge in [0.1, 0.15) is 12.0 Å². The molecule has 5 nitrogen and oxygen atoms in total. The minimum atomic E-state index is 0.0496. The van der Waals surface area contributed by atoms with E-state index in [9.17, 15) is 5.11 Å². The Morgan fingerprint density at radius 1 is 1.04 bits per heavy atom. The van der Waals surface area contributed by atoms with Crippen molar-refractivity contribution >= 4 is 23.5 Å². The van der Waals surface area contributed by atoms with E-state index in [2.05, 4.69) is 57.6 Å². The van der Waals surface area contributed by atoms with Crippen LogP contribution in [0, 0.1) is 0 Å². The lowest BCUT2D eigenvalue weighted by molar-refractivity contribution is 0.470. The first-order chi connectivity index (χ1) is 13.7. The summed E-state index contributed by atoms with van der Waals surface area (Å²) in [4.78, 5) is 12.8. The molecule has 2 aliphatic rings. The Balaban J connectivity index is 1.65. The smallest absolute Gasteiger partial charge is 0.185 e. The van der Waals surface area contributed by atoms with Crippen LogP contribution in [0.3, 0.4) is 0 Å². The van der Waals surface area contributed by atoms with Crippen LogP contribution in [0.25, 0.3) is 17.7 Å². The van der Waals surface area contributed by atoms with Crippen molar-refractivity contribution in [3.05, 3.63) is 82.6 Å². The summed E-state index contributed by atoms with van der Waals surface area (Å²) in [5.74, 6) is 0.441. The quantitative estimate of drug-likeness (QED) is 0.812. The van der Waals surface area contributed by atoms with Gasteiger partial charge in [-0.05, 0) is 43.5 Å². The zero-order valence-electron chi connectivity index (χ0n) is 15.8. The first-order valence-corrected chi connectivity index (χ1v) is 9.36. The fourth-order valence-electron chi connectivity index (χ4n) is 3.25. The Hall–Kier alpha value is -3.47. The maximum absolute atomic E-state index is 10.8. The molecule has 0 aromatic carbocycles. The molecule has 0 saturated heterocycles. The summed E-state index contributed by atoms with van der Waals surface area (Å²) in [5.41, 5.74) is 3.63. The van der Waals surface area contributed by atoms with Gasteiger partial charge in [0.05, 0.1) is 0 Å². The second kappa shape index (κ2) is 8.05. The largest absolute Gasteiger partial charge is 0.503 e. The van der Waals surface area contributed by atoms with Crippen LogP contribution >= 0.6 is 0 Å². The van der Waals surface area contributed by atoms with Crippen molar-refractivity contribution in [3.63, 3.8) is 0 Å². The van der Waals surface area contributed by atoms with E-state index in [1.807, 2.05) is 24.4 Å². The first-order valence-electron chi connectivity index (χ1n) is 9.36. The molecule has 2 aromatic rings. The van der Waals surface area contributed by atoms with Crippen molar-refractivity contribution in [3.8, 4) is 5.75 Å². The van der Waals surface area contributed by atoms with Gasteiger partial charge in [-0.2, -0.15) is 0 Å². The third kappa shape index (κ3) is 3.93. The molecule has 5 heteroatoms. The Kier molecular flexibility index (Phi) is 5.15. The van der Waals surface area contributed by atoms with Crippen molar-refractivity contribution in [2.75, 3.05) is 5.32 Å². The number of hydrogen-bond donors (Lipinski definition) is 2. The number of anilines is 1. The molecule has 2 heterocycles. The molecule has 140 valence electrons. The van der Waals surface area contributed by atoms with Crippen LogP contribution in [0.15, 0.2) is 66.4 Å². The standard InChI is InChI=1S/C23H22N4O/c1-16-5-2-8-18(9-3-6-16)21-22(28)23(26-15-25-21)27-20-10-4-7-17-11-12-24-14-19(17)13-20/h2,6-15,28H,3-5H2,1H3,(H,25,26,27)/b8-2?,16-6-,18-9+. The summed E-state index contributed by atoms with van der Waals surface area (Å²) in [7, 11) is 0. The van der Waals surface area contributed by atoms with Gasteiger partial charge < -0.3 is 10.4 Å². The van der Waals surface area contributed by atoms with Crippen LogP contribution in [0.2, 0.25) is 0 Å². The SMILES string of the molecule is C/C1=C/C/C=C(/c2ncnc(NC3=CCC=c4ccncc4=C3)c2O)C=CC1. The molecule has 2 aromatic heterocycles. The number of aromatic hydroxyl groups is 1. The van der Waals surface area contributed by atoms with Crippen LogP contribution < -0.4 is 15.8 Å². The summed E-state index contributed by atoms with van der Waals surface area (Å²) in [5, 5.41) is 16.2. The molecule has 2 N–H and O–H groups in total. The van der Waals surface area contributed by atoms with Crippen molar-refractivity contribution in [1.29, 1.82) is 0 Å². The monoisotopic (exact) mass is 370 g/mol. The molecule has 0 unspecified atom stereocenters. The lowest BCUT2D eigenvalue weighted by atomic mass is 10.0. The van der Waals surface area contributed by atoms with Gasteiger partial charge >= 0.3 is 0 Å². The molecular weight excluding hydrogens is 348 g/mol. The highest BCUT2D eigenvalue weighted by Crippen LogP contribution is 2.31. The van der Waals surface area contributed by atoms with Gasteiger partial charge in [-0.1, -0.05) is 42.0 Å².